The normalized spacial score (nSPS) is 13.6. The van der Waals surface area contributed by atoms with Crippen molar-refractivity contribution in [3.05, 3.63) is 321 Å². The summed E-state index contributed by atoms with van der Waals surface area (Å²) in [5, 5.41) is 10.4. The first kappa shape index (κ1) is 61.6. The average molecular weight is 1430 g/mol. The molecule has 1 fully saturated rings. The van der Waals surface area contributed by atoms with Crippen LogP contribution in [0.3, 0.4) is 0 Å². The highest BCUT2D eigenvalue weighted by atomic mass is 79.9. The Balaban J connectivity index is 0.000000132. The molecule has 98 heavy (non-hydrogen) atoms. The lowest BCUT2D eigenvalue weighted by molar-refractivity contribution is 0.00578. The standard InChI is InChI=1S/C49H30N2OS.C24H24BNO2.C13H6Br2OS/c52-49-39-23-19-33(31-21-25-45-41(27-31)37-15-7-9-17-43(37)50(45)35-11-3-1-4-12-35)29-47(39)53-48-30-34(20-24-40(48)49)32-22-26-46-42(28-32)38-16-8-10-18-44(38)51(46)36-13-5-2-6-14-36;1-23(2)24(3,4)28-25(27-23)17-14-15-22-20(16-17)19-12-8-9-13-21(19)26(22)18-10-6-5-7-11-18;14-7-1-3-9-11(5-7)17-12-6-8(15)2-4-10(12)13(9)16/h1-30H;5-16H,1-4H3;1-6H. The minimum Gasteiger partial charge on any atom is -0.399 e. The summed E-state index contributed by atoms with van der Waals surface area (Å²) in [7, 11) is -0.353. The first-order valence-corrected chi connectivity index (χ1v) is 35.9. The van der Waals surface area contributed by atoms with Crippen molar-refractivity contribution in [1.29, 1.82) is 0 Å². The summed E-state index contributed by atoms with van der Waals surface area (Å²) in [5.41, 5.74) is 15.6. The fourth-order valence-corrected chi connectivity index (χ4v) is 17.3. The van der Waals surface area contributed by atoms with Crippen LogP contribution in [0.5, 0.6) is 0 Å². The van der Waals surface area contributed by atoms with E-state index in [2.05, 4.69) is 310 Å². The molecule has 0 N–H and O–H groups in total. The molecule has 0 spiro atoms. The predicted molar refractivity (Wildman–Crippen MR) is 423 cm³/mol. The van der Waals surface area contributed by atoms with Gasteiger partial charge >= 0.3 is 7.12 Å². The van der Waals surface area contributed by atoms with Gasteiger partial charge in [0.15, 0.2) is 10.9 Å². The topological polar surface area (TPSA) is 67.4 Å². The number of nitrogens with zero attached hydrogens (tertiary/aromatic N) is 3. The minimum atomic E-state index is -0.353. The van der Waals surface area contributed by atoms with Crippen molar-refractivity contribution in [2.24, 2.45) is 0 Å². The highest BCUT2D eigenvalue weighted by molar-refractivity contribution is 9.10. The number of benzene rings is 13. The second-order valence-corrected chi connectivity index (χ2v) is 30.0. The smallest absolute Gasteiger partial charge is 0.399 e. The van der Waals surface area contributed by atoms with E-state index in [1.165, 1.54) is 65.4 Å². The fraction of sp³-hybridized carbons (Fsp3) is 0.0698. The summed E-state index contributed by atoms with van der Waals surface area (Å²) in [4.78, 5) is 26.2. The molecular weight excluding hydrogens is 1370 g/mol. The molecule has 1 aliphatic heterocycles. The van der Waals surface area contributed by atoms with Gasteiger partial charge in [0.25, 0.3) is 0 Å². The minimum absolute atomic E-state index is 0.0783. The van der Waals surface area contributed by atoms with Crippen LogP contribution in [0.1, 0.15) is 27.7 Å². The third-order valence-electron chi connectivity index (χ3n) is 19.5. The Labute approximate surface area is 590 Å². The Hall–Kier alpha value is -10.0. The summed E-state index contributed by atoms with van der Waals surface area (Å²) in [5.74, 6) is 0. The summed E-state index contributed by atoms with van der Waals surface area (Å²) in [6, 6.07) is 101. The molecule has 13 aromatic carbocycles. The second kappa shape index (κ2) is 24.5. The van der Waals surface area contributed by atoms with Crippen molar-refractivity contribution >= 4 is 173 Å². The highest BCUT2D eigenvalue weighted by Gasteiger charge is 2.51. The first-order valence-electron chi connectivity index (χ1n) is 32.7. The Morgan fingerprint density at radius 1 is 0.296 bits per heavy atom. The van der Waals surface area contributed by atoms with Crippen LogP contribution in [0.2, 0.25) is 0 Å². The van der Waals surface area contributed by atoms with Gasteiger partial charge in [0.05, 0.1) is 44.3 Å². The Bertz CT molecular complexity index is 6060. The quantitative estimate of drug-likeness (QED) is 0.123. The maximum absolute atomic E-state index is 13.9. The van der Waals surface area contributed by atoms with Gasteiger partial charge in [0.1, 0.15) is 0 Å². The predicted octanol–water partition coefficient (Wildman–Crippen LogP) is 23.0. The summed E-state index contributed by atoms with van der Waals surface area (Å²) >= 11 is 10.2. The Morgan fingerprint density at radius 3 is 0.980 bits per heavy atom. The molecule has 0 unspecified atom stereocenters. The van der Waals surface area contributed by atoms with Gasteiger partial charge in [-0.15, -0.1) is 22.7 Å². The number of hydrogen-bond acceptors (Lipinski definition) is 6. The molecule has 6 heterocycles. The van der Waals surface area contributed by atoms with Crippen molar-refractivity contribution in [3.63, 3.8) is 0 Å². The highest BCUT2D eigenvalue weighted by Crippen LogP contribution is 2.42. The van der Waals surface area contributed by atoms with Crippen LogP contribution >= 0.6 is 54.5 Å². The molecule has 0 aliphatic carbocycles. The molecule has 1 aliphatic rings. The van der Waals surface area contributed by atoms with Crippen LogP contribution in [-0.2, 0) is 9.31 Å². The molecule has 472 valence electrons. The van der Waals surface area contributed by atoms with Crippen LogP contribution in [0.4, 0.5) is 0 Å². The molecule has 5 aromatic heterocycles. The van der Waals surface area contributed by atoms with Crippen molar-refractivity contribution in [1.82, 2.24) is 13.7 Å². The SMILES string of the molecule is CC1(C)OB(c2ccc3c(c2)c2ccccc2n3-c2ccccc2)OC1(C)C.O=c1c2ccc(-c3ccc4c(c3)c3ccccc3n4-c3ccccc3)cc2sc2cc(-c3ccc4c(c3)c3ccccc3n4-c3ccccc3)ccc12.O=c1c2ccc(Br)cc2sc2cc(Br)ccc12. The monoisotopic (exact) mass is 1430 g/mol. The molecule has 0 amide bonds. The van der Waals surface area contributed by atoms with E-state index < -0.39 is 0 Å². The van der Waals surface area contributed by atoms with Crippen molar-refractivity contribution < 1.29 is 9.31 Å². The van der Waals surface area contributed by atoms with E-state index in [4.69, 9.17) is 9.31 Å². The third kappa shape index (κ3) is 10.7. The number of halogens is 2. The van der Waals surface area contributed by atoms with Gasteiger partial charge < -0.3 is 23.0 Å². The number of fused-ring (bicyclic) bond motifs is 13. The van der Waals surface area contributed by atoms with Crippen LogP contribution < -0.4 is 16.3 Å². The zero-order chi connectivity index (χ0) is 66.6. The number of para-hydroxylation sites is 6. The van der Waals surface area contributed by atoms with E-state index in [9.17, 15) is 9.59 Å². The molecule has 12 heteroatoms. The summed E-state index contributed by atoms with van der Waals surface area (Å²) in [6.07, 6.45) is 0. The molecule has 0 bridgehead atoms. The number of hydrogen-bond donors (Lipinski definition) is 0. The second-order valence-electron chi connectivity index (χ2n) is 26.0. The summed E-state index contributed by atoms with van der Waals surface area (Å²) in [6.45, 7) is 8.36. The van der Waals surface area contributed by atoms with Crippen LogP contribution in [0, 0.1) is 0 Å². The van der Waals surface area contributed by atoms with Gasteiger partial charge in [0.2, 0.25) is 0 Å². The van der Waals surface area contributed by atoms with Gasteiger partial charge in [-0.25, -0.2) is 0 Å². The van der Waals surface area contributed by atoms with Crippen molar-refractivity contribution in [3.8, 4) is 39.3 Å². The molecule has 7 nitrogen and oxygen atoms in total. The van der Waals surface area contributed by atoms with Gasteiger partial charge in [-0.05, 0) is 201 Å². The van der Waals surface area contributed by atoms with Gasteiger partial charge in [-0.2, -0.15) is 0 Å². The van der Waals surface area contributed by atoms with Crippen molar-refractivity contribution in [2.75, 3.05) is 0 Å². The van der Waals surface area contributed by atoms with E-state index in [-0.39, 0.29) is 29.2 Å². The third-order valence-corrected chi connectivity index (χ3v) is 22.8. The van der Waals surface area contributed by atoms with Gasteiger partial charge in [0, 0.05) is 98.7 Å². The van der Waals surface area contributed by atoms with Crippen LogP contribution in [-0.4, -0.2) is 32.0 Å². The molecule has 18 aromatic rings. The lowest BCUT2D eigenvalue weighted by Crippen LogP contribution is -2.41. The van der Waals surface area contributed by atoms with Crippen LogP contribution in [0.15, 0.2) is 310 Å². The molecule has 1 saturated heterocycles. The maximum Gasteiger partial charge on any atom is 0.494 e. The average Bonchev–Trinajstić information content (AvgIpc) is 1.51. The first-order chi connectivity index (χ1) is 47.7. The maximum atomic E-state index is 13.9. The molecule has 0 saturated carbocycles. The molecular formula is C86H60BBr2N3O4S2. The van der Waals surface area contributed by atoms with E-state index in [1.54, 1.807) is 22.7 Å². The zero-order valence-corrected chi connectivity index (χ0v) is 58.6. The molecule has 0 atom stereocenters. The molecule has 19 rings (SSSR count). The fourth-order valence-electron chi connectivity index (χ4n) is 14.0. The Kier molecular flexibility index (Phi) is 15.4. The van der Waals surface area contributed by atoms with Gasteiger partial charge in [-0.3, -0.25) is 9.59 Å². The largest absolute Gasteiger partial charge is 0.494 e. The van der Waals surface area contributed by atoms with E-state index in [1.807, 2.05) is 54.6 Å². The van der Waals surface area contributed by atoms with E-state index in [0.29, 0.717) is 0 Å². The lowest BCUT2D eigenvalue weighted by atomic mass is 9.78. The van der Waals surface area contributed by atoms with Crippen molar-refractivity contribution in [2.45, 2.75) is 38.9 Å². The lowest BCUT2D eigenvalue weighted by Gasteiger charge is -2.32. The number of aromatic nitrogens is 3. The van der Waals surface area contributed by atoms with Crippen LogP contribution in [0.25, 0.3) is 145 Å². The summed E-state index contributed by atoms with van der Waals surface area (Å²) < 4.78 is 25.5. The number of rotatable bonds is 6. The van der Waals surface area contributed by atoms with E-state index >= 15 is 0 Å². The van der Waals surface area contributed by atoms with Gasteiger partial charge in [-0.1, -0.05) is 177 Å². The zero-order valence-electron chi connectivity index (χ0n) is 53.8. The Morgan fingerprint density at radius 2 is 0.592 bits per heavy atom. The molecule has 0 radical (unpaired) electrons. The van der Waals surface area contributed by atoms with E-state index in [0.717, 1.165) is 94.1 Å².